The summed E-state index contributed by atoms with van der Waals surface area (Å²) in [6.45, 7) is 1.01. The van der Waals surface area contributed by atoms with Crippen molar-refractivity contribution in [2.45, 2.75) is 43.1 Å². The van der Waals surface area contributed by atoms with Crippen molar-refractivity contribution in [3.8, 4) is 11.5 Å². The zero-order valence-corrected chi connectivity index (χ0v) is 15.7. The first-order valence-electron chi connectivity index (χ1n) is 9.90. The Morgan fingerprint density at radius 1 is 1.04 bits per heavy atom. The van der Waals surface area contributed by atoms with Gasteiger partial charge >= 0.3 is 0 Å². The molecule has 27 heavy (non-hydrogen) atoms. The number of aromatic nitrogens is 2. The number of hydrogen-bond acceptors (Lipinski definition) is 4. The van der Waals surface area contributed by atoms with Crippen molar-refractivity contribution in [1.29, 1.82) is 0 Å². The molecule has 0 aliphatic heterocycles. The number of benzene rings is 2. The van der Waals surface area contributed by atoms with Gasteiger partial charge in [-0.2, -0.15) is 4.98 Å². The largest absolute Gasteiger partial charge is 0.334 e. The Bertz CT molecular complexity index is 902. The van der Waals surface area contributed by atoms with Crippen LogP contribution in [0.15, 0.2) is 65.2 Å². The monoisotopic (exact) mass is 359 g/mol. The van der Waals surface area contributed by atoms with Crippen LogP contribution in [0.3, 0.4) is 0 Å². The minimum absolute atomic E-state index is 0.0507. The molecule has 3 aromatic rings. The lowest BCUT2D eigenvalue weighted by Gasteiger charge is -2.42. The number of rotatable bonds is 6. The van der Waals surface area contributed by atoms with E-state index in [0.717, 1.165) is 30.8 Å². The van der Waals surface area contributed by atoms with Gasteiger partial charge in [0.1, 0.15) is 0 Å². The van der Waals surface area contributed by atoms with Crippen molar-refractivity contribution in [2.24, 2.45) is 0 Å². The van der Waals surface area contributed by atoms with Crippen LogP contribution in [-0.4, -0.2) is 34.7 Å². The maximum Gasteiger partial charge on any atom is 0.257 e. The van der Waals surface area contributed by atoms with Crippen LogP contribution in [0.1, 0.15) is 43.0 Å². The molecule has 2 aromatic carbocycles. The molecule has 2 fully saturated rings. The topological polar surface area (TPSA) is 42.2 Å². The van der Waals surface area contributed by atoms with Crippen LogP contribution in [0.5, 0.6) is 0 Å². The van der Waals surface area contributed by atoms with Gasteiger partial charge in [0.25, 0.3) is 5.89 Å². The molecule has 2 aliphatic rings. The smallest absolute Gasteiger partial charge is 0.257 e. The Hall–Kier alpha value is -2.46. The third kappa shape index (κ3) is 3.08. The molecule has 1 heterocycles. The third-order valence-corrected chi connectivity index (χ3v) is 6.33. The summed E-state index contributed by atoms with van der Waals surface area (Å²) in [5.41, 5.74) is 2.50. The van der Waals surface area contributed by atoms with E-state index in [0.29, 0.717) is 17.9 Å². The van der Waals surface area contributed by atoms with E-state index >= 15 is 0 Å². The molecule has 0 radical (unpaired) electrons. The molecule has 2 atom stereocenters. The van der Waals surface area contributed by atoms with E-state index < -0.39 is 0 Å². The van der Waals surface area contributed by atoms with Crippen LogP contribution in [-0.2, 0) is 5.41 Å². The SMILES string of the molecule is CN(CC1(c2noc(-c3ccccc3)n2)CCC1)[C@H]1C[C@@H]1c1ccccc1. The van der Waals surface area contributed by atoms with Crippen molar-refractivity contribution in [2.75, 3.05) is 13.6 Å². The number of likely N-dealkylation sites (N-methyl/N-ethyl adjacent to an activating group) is 1. The fraction of sp³-hybridized carbons (Fsp3) is 0.391. The Kier molecular flexibility index (Phi) is 4.09. The molecule has 2 aliphatic carbocycles. The quantitative estimate of drug-likeness (QED) is 0.643. The highest BCUT2D eigenvalue weighted by Crippen LogP contribution is 2.48. The molecule has 4 nitrogen and oxygen atoms in total. The molecule has 0 saturated heterocycles. The van der Waals surface area contributed by atoms with E-state index in [2.05, 4.69) is 47.4 Å². The fourth-order valence-corrected chi connectivity index (χ4v) is 4.51. The minimum Gasteiger partial charge on any atom is -0.334 e. The molecular weight excluding hydrogens is 334 g/mol. The summed E-state index contributed by atoms with van der Waals surface area (Å²) in [7, 11) is 2.26. The first-order chi connectivity index (χ1) is 13.3. The second kappa shape index (κ2) is 6.61. The molecular formula is C23H25N3O. The van der Waals surface area contributed by atoms with Crippen LogP contribution in [0, 0.1) is 0 Å². The van der Waals surface area contributed by atoms with Crippen LogP contribution in [0.25, 0.3) is 11.5 Å². The zero-order chi connectivity index (χ0) is 18.3. The van der Waals surface area contributed by atoms with E-state index in [1.165, 1.54) is 18.4 Å². The highest BCUT2D eigenvalue weighted by molar-refractivity contribution is 5.52. The first kappa shape index (κ1) is 16.7. The van der Waals surface area contributed by atoms with Crippen LogP contribution >= 0.6 is 0 Å². The lowest BCUT2D eigenvalue weighted by molar-refractivity contribution is 0.141. The molecule has 1 aromatic heterocycles. The molecule has 0 spiro atoms. The second-order valence-electron chi connectivity index (χ2n) is 8.16. The molecule has 0 N–H and O–H groups in total. The molecule has 0 amide bonds. The van der Waals surface area contributed by atoms with Gasteiger partial charge in [-0.25, -0.2) is 0 Å². The Balaban J connectivity index is 1.31. The van der Waals surface area contributed by atoms with E-state index in [4.69, 9.17) is 9.51 Å². The lowest BCUT2D eigenvalue weighted by atomic mass is 9.67. The Labute approximate surface area is 160 Å². The van der Waals surface area contributed by atoms with E-state index in [-0.39, 0.29) is 5.41 Å². The van der Waals surface area contributed by atoms with Gasteiger partial charge in [0, 0.05) is 29.5 Å². The molecule has 138 valence electrons. The molecule has 4 heteroatoms. The fourth-order valence-electron chi connectivity index (χ4n) is 4.51. The lowest BCUT2D eigenvalue weighted by Crippen LogP contribution is -2.46. The molecule has 2 saturated carbocycles. The highest BCUT2D eigenvalue weighted by Gasteiger charge is 2.48. The highest BCUT2D eigenvalue weighted by atomic mass is 16.5. The van der Waals surface area contributed by atoms with Gasteiger partial charge in [-0.1, -0.05) is 60.1 Å². The minimum atomic E-state index is 0.0507. The van der Waals surface area contributed by atoms with Crippen molar-refractivity contribution in [3.63, 3.8) is 0 Å². The summed E-state index contributed by atoms with van der Waals surface area (Å²) in [6, 6.07) is 21.6. The van der Waals surface area contributed by atoms with E-state index in [1.54, 1.807) is 0 Å². The van der Waals surface area contributed by atoms with Crippen LogP contribution in [0.4, 0.5) is 0 Å². The molecule has 0 unspecified atom stereocenters. The van der Waals surface area contributed by atoms with Crippen molar-refractivity contribution < 1.29 is 4.52 Å². The van der Waals surface area contributed by atoms with E-state index in [1.807, 2.05) is 30.3 Å². The second-order valence-corrected chi connectivity index (χ2v) is 8.16. The zero-order valence-electron chi connectivity index (χ0n) is 15.7. The summed E-state index contributed by atoms with van der Waals surface area (Å²) in [5.74, 6) is 2.18. The van der Waals surface area contributed by atoms with Crippen LogP contribution < -0.4 is 0 Å². The molecule has 5 rings (SSSR count). The standard InChI is InChI=1S/C23H25N3O/c1-26(20-15-19(20)17-9-4-2-5-10-17)16-23(13-8-14-23)22-24-21(27-25-22)18-11-6-3-7-12-18/h2-7,9-12,19-20H,8,13-16H2,1H3/t19-,20+/m1/s1. The normalized spacial score (nSPS) is 23.2. The van der Waals surface area contributed by atoms with Crippen LogP contribution in [0.2, 0.25) is 0 Å². The van der Waals surface area contributed by atoms with Gasteiger partial charge < -0.3 is 9.42 Å². The van der Waals surface area contributed by atoms with Gasteiger partial charge in [0.05, 0.1) is 0 Å². The first-order valence-corrected chi connectivity index (χ1v) is 9.90. The summed E-state index contributed by atoms with van der Waals surface area (Å²) < 4.78 is 5.60. The predicted octanol–water partition coefficient (Wildman–Crippen LogP) is 4.65. The van der Waals surface area contributed by atoms with Crippen molar-refractivity contribution in [3.05, 3.63) is 72.1 Å². The third-order valence-electron chi connectivity index (χ3n) is 6.33. The summed E-state index contributed by atoms with van der Waals surface area (Å²) >= 11 is 0. The predicted molar refractivity (Wildman–Crippen MR) is 105 cm³/mol. The summed E-state index contributed by atoms with van der Waals surface area (Å²) in [6.07, 6.45) is 4.79. The average molecular weight is 359 g/mol. The van der Waals surface area contributed by atoms with Gasteiger partial charge in [0.2, 0.25) is 0 Å². The Morgan fingerprint density at radius 3 is 2.41 bits per heavy atom. The van der Waals surface area contributed by atoms with Gasteiger partial charge in [-0.05, 0) is 44.0 Å². The summed E-state index contributed by atoms with van der Waals surface area (Å²) in [5, 5.41) is 4.38. The molecule has 0 bridgehead atoms. The number of hydrogen-bond donors (Lipinski definition) is 0. The van der Waals surface area contributed by atoms with Gasteiger partial charge in [-0.3, -0.25) is 0 Å². The average Bonchev–Trinajstić information content (AvgIpc) is 3.35. The maximum atomic E-state index is 5.60. The van der Waals surface area contributed by atoms with Crippen molar-refractivity contribution in [1.82, 2.24) is 15.0 Å². The van der Waals surface area contributed by atoms with Gasteiger partial charge in [0.15, 0.2) is 5.82 Å². The number of nitrogens with zero attached hydrogens (tertiary/aromatic N) is 3. The Morgan fingerprint density at radius 2 is 1.74 bits per heavy atom. The van der Waals surface area contributed by atoms with Crippen molar-refractivity contribution >= 4 is 0 Å². The van der Waals surface area contributed by atoms with Gasteiger partial charge in [-0.15, -0.1) is 0 Å². The van der Waals surface area contributed by atoms with E-state index in [9.17, 15) is 0 Å². The maximum absolute atomic E-state index is 5.60. The summed E-state index contributed by atoms with van der Waals surface area (Å²) in [4.78, 5) is 7.30.